The third kappa shape index (κ3) is 5.49. The molecule has 0 unspecified atom stereocenters. The van der Waals surface area contributed by atoms with Crippen LogP contribution in [-0.2, 0) is 0 Å². The quantitative estimate of drug-likeness (QED) is 0.361. The lowest BCUT2D eigenvalue weighted by atomic mass is 10.2. The number of nitrogens with two attached hydrogens (primary N) is 1. The molecule has 0 saturated heterocycles. The first kappa shape index (κ1) is 15.0. The second-order valence-corrected chi connectivity index (χ2v) is 4.57. The average molecular weight is 389 g/mol. The van der Waals surface area contributed by atoms with E-state index in [-0.39, 0.29) is 10.9 Å². The first-order valence-electron chi connectivity index (χ1n) is 4.42. The van der Waals surface area contributed by atoms with Crippen LogP contribution < -0.4 is 15.9 Å². The number of hydrazone groups is 1. The van der Waals surface area contributed by atoms with E-state index in [2.05, 4.69) is 27.5 Å². The Morgan fingerprint density at radius 2 is 2.17 bits per heavy atom. The molecule has 0 aliphatic rings. The summed E-state index contributed by atoms with van der Waals surface area (Å²) < 4.78 is 40.5. The number of halogens is 4. The summed E-state index contributed by atoms with van der Waals surface area (Å²) in [5.74, 6) is -0.289. The number of hydrogen-bond donors (Lipinski definition) is 2. The molecule has 0 radical (unpaired) electrons. The fourth-order valence-electron chi connectivity index (χ4n) is 0.974. The van der Waals surface area contributed by atoms with Crippen LogP contribution in [0.5, 0.6) is 5.75 Å². The van der Waals surface area contributed by atoms with E-state index in [0.717, 1.165) is 0 Å². The van der Waals surface area contributed by atoms with Gasteiger partial charge in [-0.2, -0.15) is 5.10 Å². The lowest BCUT2D eigenvalue weighted by molar-refractivity contribution is -0.274. The third-order valence-electron chi connectivity index (χ3n) is 1.57. The van der Waals surface area contributed by atoms with Crippen LogP contribution in [0.15, 0.2) is 23.3 Å². The maximum Gasteiger partial charge on any atom is 0.573 e. The predicted octanol–water partition coefficient (Wildman–Crippen LogP) is 2.36. The van der Waals surface area contributed by atoms with Gasteiger partial charge in [0.2, 0.25) is 0 Å². The van der Waals surface area contributed by atoms with Gasteiger partial charge in [-0.25, -0.2) is 0 Å². The fourth-order valence-corrected chi connectivity index (χ4v) is 1.47. The van der Waals surface area contributed by atoms with Gasteiger partial charge in [-0.05, 0) is 52.5 Å². The van der Waals surface area contributed by atoms with Crippen LogP contribution in [0.4, 0.5) is 13.2 Å². The zero-order valence-corrected chi connectivity index (χ0v) is 11.6. The molecule has 0 amide bonds. The smallest absolute Gasteiger partial charge is 0.405 e. The van der Waals surface area contributed by atoms with Gasteiger partial charge in [0.05, 0.1) is 9.78 Å². The molecule has 4 nitrogen and oxygen atoms in total. The van der Waals surface area contributed by atoms with Crippen LogP contribution in [0.25, 0.3) is 0 Å². The molecule has 0 bridgehead atoms. The second kappa shape index (κ2) is 6.18. The van der Waals surface area contributed by atoms with E-state index in [9.17, 15) is 13.2 Å². The number of alkyl halides is 3. The molecular weight excluding hydrogens is 382 g/mol. The number of benzene rings is 1. The SMILES string of the molecule is NC(=S)NN=Cc1ccc(I)c(OC(F)(F)F)c1. The molecule has 0 heterocycles. The monoisotopic (exact) mass is 389 g/mol. The summed E-state index contributed by atoms with van der Waals surface area (Å²) in [5, 5.41) is 3.59. The highest BCUT2D eigenvalue weighted by atomic mass is 127. The highest BCUT2D eigenvalue weighted by molar-refractivity contribution is 14.1. The van der Waals surface area contributed by atoms with Crippen molar-refractivity contribution in [2.75, 3.05) is 0 Å². The largest absolute Gasteiger partial charge is 0.573 e. The van der Waals surface area contributed by atoms with Crippen LogP contribution in [0.2, 0.25) is 0 Å². The third-order valence-corrected chi connectivity index (χ3v) is 2.55. The number of ether oxygens (including phenoxy) is 1. The lowest BCUT2D eigenvalue weighted by Crippen LogP contribution is -2.24. The molecule has 18 heavy (non-hydrogen) atoms. The standard InChI is InChI=1S/C9H7F3IN3OS/c10-9(11,12)17-7-3-5(1-2-6(7)13)4-15-16-8(14)18/h1-4H,(H3,14,16,18). The van der Waals surface area contributed by atoms with Gasteiger partial charge in [0.1, 0.15) is 5.75 Å². The Hall–Kier alpha value is -1.10. The average Bonchev–Trinajstić information content (AvgIpc) is 2.20. The Bertz CT molecular complexity index is 479. The minimum absolute atomic E-state index is 0.0384. The van der Waals surface area contributed by atoms with Crippen molar-refractivity contribution in [3.05, 3.63) is 27.3 Å². The highest BCUT2D eigenvalue weighted by Gasteiger charge is 2.31. The first-order chi connectivity index (χ1) is 8.28. The van der Waals surface area contributed by atoms with Gasteiger partial charge in [-0.1, -0.05) is 6.07 Å². The van der Waals surface area contributed by atoms with Crippen molar-refractivity contribution in [3.8, 4) is 5.75 Å². The molecule has 0 aliphatic carbocycles. The number of thiocarbonyl (C=S) groups is 1. The van der Waals surface area contributed by atoms with Crippen molar-refractivity contribution in [1.29, 1.82) is 0 Å². The maximum atomic E-state index is 12.1. The zero-order valence-electron chi connectivity index (χ0n) is 8.66. The Kier molecular flexibility index (Phi) is 5.14. The van der Waals surface area contributed by atoms with Crippen LogP contribution in [0.3, 0.4) is 0 Å². The summed E-state index contributed by atoms with van der Waals surface area (Å²) in [6, 6.07) is 4.26. The number of nitrogens with one attached hydrogen (secondary N) is 1. The number of hydrogen-bond acceptors (Lipinski definition) is 3. The second-order valence-electron chi connectivity index (χ2n) is 2.97. The summed E-state index contributed by atoms with van der Waals surface area (Å²) in [6.07, 6.45) is -3.45. The first-order valence-corrected chi connectivity index (χ1v) is 5.90. The van der Waals surface area contributed by atoms with Crippen molar-refractivity contribution >= 4 is 46.1 Å². The highest BCUT2D eigenvalue weighted by Crippen LogP contribution is 2.28. The van der Waals surface area contributed by atoms with Gasteiger partial charge in [0.15, 0.2) is 5.11 Å². The Balaban J connectivity index is 2.87. The summed E-state index contributed by atoms with van der Waals surface area (Å²) in [4.78, 5) is 0. The van der Waals surface area contributed by atoms with E-state index in [1.807, 2.05) is 0 Å². The predicted molar refractivity (Wildman–Crippen MR) is 73.4 cm³/mol. The summed E-state index contributed by atoms with van der Waals surface area (Å²) in [5.41, 5.74) is 7.83. The molecule has 98 valence electrons. The molecule has 0 spiro atoms. The van der Waals surface area contributed by atoms with Crippen LogP contribution in [0, 0.1) is 3.57 Å². The molecule has 0 aliphatic heterocycles. The zero-order chi connectivity index (χ0) is 13.8. The number of nitrogens with zero attached hydrogens (tertiary/aromatic N) is 1. The Morgan fingerprint density at radius 1 is 1.50 bits per heavy atom. The van der Waals surface area contributed by atoms with Crippen molar-refractivity contribution in [1.82, 2.24) is 5.43 Å². The molecule has 3 N–H and O–H groups in total. The minimum atomic E-state index is -4.73. The Labute approximate surface area is 120 Å². The van der Waals surface area contributed by atoms with Crippen LogP contribution >= 0.6 is 34.8 Å². The van der Waals surface area contributed by atoms with Crippen LogP contribution in [-0.4, -0.2) is 17.7 Å². The molecule has 1 aromatic rings. The normalized spacial score (nSPS) is 11.6. The van der Waals surface area contributed by atoms with E-state index in [4.69, 9.17) is 5.73 Å². The van der Waals surface area contributed by atoms with Gasteiger partial charge < -0.3 is 10.5 Å². The molecule has 0 fully saturated rings. The van der Waals surface area contributed by atoms with Gasteiger partial charge in [-0.3, -0.25) is 5.43 Å². The molecule has 1 rings (SSSR count). The molecule has 1 aromatic carbocycles. The summed E-state index contributed by atoms with van der Waals surface area (Å²) in [7, 11) is 0. The fraction of sp³-hybridized carbons (Fsp3) is 0.111. The van der Waals surface area contributed by atoms with E-state index in [1.165, 1.54) is 18.3 Å². The lowest BCUT2D eigenvalue weighted by Gasteiger charge is -2.10. The van der Waals surface area contributed by atoms with E-state index >= 15 is 0 Å². The van der Waals surface area contributed by atoms with Gasteiger partial charge in [0, 0.05) is 0 Å². The molecule has 0 saturated carbocycles. The molecule has 9 heteroatoms. The van der Waals surface area contributed by atoms with Gasteiger partial charge in [-0.15, -0.1) is 13.2 Å². The molecule has 0 aromatic heterocycles. The van der Waals surface area contributed by atoms with Gasteiger partial charge >= 0.3 is 6.36 Å². The van der Waals surface area contributed by atoms with Crippen molar-refractivity contribution in [2.45, 2.75) is 6.36 Å². The van der Waals surface area contributed by atoms with Crippen molar-refractivity contribution < 1.29 is 17.9 Å². The minimum Gasteiger partial charge on any atom is -0.405 e. The summed E-state index contributed by atoms with van der Waals surface area (Å²) in [6.45, 7) is 0. The molecule has 0 atom stereocenters. The summed E-state index contributed by atoms with van der Waals surface area (Å²) >= 11 is 6.25. The van der Waals surface area contributed by atoms with Crippen molar-refractivity contribution in [3.63, 3.8) is 0 Å². The van der Waals surface area contributed by atoms with Crippen LogP contribution in [0.1, 0.15) is 5.56 Å². The van der Waals surface area contributed by atoms with E-state index < -0.39 is 6.36 Å². The number of rotatable bonds is 3. The Morgan fingerprint density at radius 3 is 2.72 bits per heavy atom. The van der Waals surface area contributed by atoms with E-state index in [0.29, 0.717) is 9.13 Å². The maximum absolute atomic E-state index is 12.1. The van der Waals surface area contributed by atoms with E-state index in [1.54, 1.807) is 28.7 Å². The van der Waals surface area contributed by atoms with Gasteiger partial charge in [0.25, 0.3) is 0 Å². The molecular formula is C9H7F3IN3OS. The topological polar surface area (TPSA) is 59.6 Å². The van der Waals surface area contributed by atoms with Crippen molar-refractivity contribution in [2.24, 2.45) is 10.8 Å².